The van der Waals surface area contributed by atoms with Crippen LogP contribution in [0.2, 0.25) is 0 Å². The summed E-state index contributed by atoms with van der Waals surface area (Å²) < 4.78 is 0. The lowest BCUT2D eigenvalue weighted by Crippen LogP contribution is -2.44. The summed E-state index contributed by atoms with van der Waals surface area (Å²) in [6, 6.07) is 0.397. The smallest absolute Gasteiger partial charge is 0.230 e. The molecule has 0 aliphatic heterocycles. The van der Waals surface area contributed by atoms with E-state index in [2.05, 4.69) is 27.5 Å². The molecule has 2 unspecified atom stereocenters. The van der Waals surface area contributed by atoms with Gasteiger partial charge in [-0.05, 0) is 19.1 Å². The molecule has 13 heavy (non-hydrogen) atoms. The Morgan fingerprint density at radius 2 is 2.23 bits per heavy atom. The number of hydrogen-bond acceptors (Lipinski definition) is 2. The van der Waals surface area contributed by atoms with Crippen molar-refractivity contribution in [1.82, 2.24) is 5.32 Å². The minimum atomic E-state index is 0.117. The van der Waals surface area contributed by atoms with Crippen LogP contribution in [0.15, 0.2) is 0 Å². The Bertz CT molecular complexity index is 177. The Morgan fingerprint density at radius 3 is 2.85 bits per heavy atom. The highest BCUT2D eigenvalue weighted by atomic mass is 79.9. The molecule has 0 bridgehead atoms. The number of halogens is 1. The van der Waals surface area contributed by atoms with Gasteiger partial charge in [0.2, 0.25) is 5.91 Å². The highest BCUT2D eigenvalue weighted by molar-refractivity contribution is 9.09. The van der Waals surface area contributed by atoms with Gasteiger partial charge in [-0.3, -0.25) is 4.79 Å². The van der Waals surface area contributed by atoms with E-state index in [9.17, 15) is 4.79 Å². The lowest BCUT2D eigenvalue weighted by Gasteiger charge is -2.30. The van der Waals surface area contributed by atoms with Gasteiger partial charge in [0.25, 0.3) is 0 Å². The molecule has 1 aliphatic carbocycles. The van der Waals surface area contributed by atoms with Crippen LogP contribution in [0.5, 0.6) is 0 Å². The lowest BCUT2D eigenvalue weighted by atomic mass is 9.95. The zero-order valence-electron chi connectivity index (χ0n) is 7.88. The van der Waals surface area contributed by atoms with Crippen LogP contribution in [0, 0.1) is 0 Å². The number of carbonyl (C=O) groups is 1. The second-order valence-electron chi connectivity index (χ2n) is 3.37. The Labute approximate surface area is 92.4 Å². The molecular weight excluding hydrogens is 250 g/mol. The predicted octanol–water partition coefficient (Wildman–Crippen LogP) is 2.17. The van der Waals surface area contributed by atoms with E-state index in [1.165, 1.54) is 19.3 Å². The predicted molar refractivity (Wildman–Crippen MR) is 61.5 cm³/mol. The van der Waals surface area contributed by atoms with Crippen LogP contribution < -0.4 is 5.32 Å². The molecule has 0 radical (unpaired) electrons. The number of hydrogen-bond donors (Lipinski definition) is 1. The minimum Gasteiger partial charge on any atom is -0.352 e. The Kier molecular flexibility index (Phi) is 5.17. The molecular formula is C9H16BrNOS. The molecule has 1 aliphatic rings. The third-order valence-electron chi connectivity index (χ3n) is 2.47. The highest BCUT2D eigenvalue weighted by Crippen LogP contribution is 2.26. The summed E-state index contributed by atoms with van der Waals surface area (Å²) in [5.74, 6) is 0.117. The van der Waals surface area contributed by atoms with E-state index in [4.69, 9.17) is 0 Å². The van der Waals surface area contributed by atoms with E-state index in [0.717, 1.165) is 6.42 Å². The van der Waals surface area contributed by atoms with Crippen molar-refractivity contribution in [3.63, 3.8) is 0 Å². The molecule has 1 saturated carbocycles. The van der Waals surface area contributed by atoms with Gasteiger partial charge in [-0.15, -0.1) is 0 Å². The first-order valence-electron chi connectivity index (χ1n) is 4.66. The number of amides is 1. The van der Waals surface area contributed by atoms with Gasteiger partial charge in [0.1, 0.15) is 0 Å². The van der Waals surface area contributed by atoms with Gasteiger partial charge in [0.05, 0.1) is 5.33 Å². The molecule has 0 spiro atoms. The summed E-state index contributed by atoms with van der Waals surface area (Å²) >= 11 is 5.04. The van der Waals surface area contributed by atoms with Crippen molar-refractivity contribution >= 4 is 33.6 Å². The average molecular weight is 266 g/mol. The van der Waals surface area contributed by atoms with E-state index in [-0.39, 0.29) is 5.91 Å². The van der Waals surface area contributed by atoms with E-state index in [1.54, 1.807) is 0 Å². The van der Waals surface area contributed by atoms with Gasteiger partial charge >= 0.3 is 0 Å². The highest BCUT2D eigenvalue weighted by Gasteiger charge is 2.24. The van der Waals surface area contributed by atoms with Gasteiger partial charge in [0, 0.05) is 11.3 Å². The molecule has 1 N–H and O–H groups in total. The van der Waals surface area contributed by atoms with Crippen molar-refractivity contribution in [2.45, 2.75) is 37.0 Å². The van der Waals surface area contributed by atoms with Crippen LogP contribution in [-0.4, -0.2) is 28.8 Å². The quantitative estimate of drug-likeness (QED) is 0.793. The van der Waals surface area contributed by atoms with Crippen LogP contribution in [0.3, 0.4) is 0 Å². The molecule has 4 heteroatoms. The molecule has 76 valence electrons. The van der Waals surface area contributed by atoms with Crippen LogP contribution in [0.1, 0.15) is 25.7 Å². The first-order valence-corrected chi connectivity index (χ1v) is 7.07. The first kappa shape index (κ1) is 11.4. The van der Waals surface area contributed by atoms with Crippen LogP contribution in [0.4, 0.5) is 0 Å². The second kappa shape index (κ2) is 5.91. The number of rotatable bonds is 3. The summed E-state index contributed by atoms with van der Waals surface area (Å²) in [5, 5.41) is 4.11. The van der Waals surface area contributed by atoms with Crippen molar-refractivity contribution in [2.24, 2.45) is 0 Å². The normalized spacial score (nSPS) is 28.5. The molecule has 0 heterocycles. The third kappa shape index (κ3) is 3.50. The molecule has 1 rings (SSSR count). The maximum atomic E-state index is 11.2. The van der Waals surface area contributed by atoms with Crippen LogP contribution in [0.25, 0.3) is 0 Å². The zero-order valence-corrected chi connectivity index (χ0v) is 10.3. The van der Waals surface area contributed by atoms with E-state index in [1.807, 2.05) is 11.8 Å². The van der Waals surface area contributed by atoms with Crippen molar-refractivity contribution in [1.29, 1.82) is 0 Å². The maximum absolute atomic E-state index is 11.2. The molecule has 1 amide bonds. The summed E-state index contributed by atoms with van der Waals surface area (Å²) in [6.07, 6.45) is 7.08. The number of thioether (sulfide) groups is 1. The molecule has 1 fully saturated rings. The standard InChI is InChI=1S/C9H16BrNOS/c1-13-8-5-3-2-4-7(8)11-9(12)6-10/h7-8H,2-6H2,1H3,(H,11,12). The topological polar surface area (TPSA) is 29.1 Å². The lowest BCUT2D eigenvalue weighted by molar-refractivity contribution is -0.119. The van der Waals surface area contributed by atoms with Gasteiger partial charge in [0.15, 0.2) is 0 Å². The SMILES string of the molecule is CSC1CCCCC1NC(=O)CBr. The average Bonchev–Trinajstić information content (AvgIpc) is 2.18. The van der Waals surface area contributed by atoms with E-state index >= 15 is 0 Å². The number of nitrogens with one attached hydrogen (secondary N) is 1. The third-order valence-corrected chi connectivity index (χ3v) is 4.15. The van der Waals surface area contributed by atoms with Crippen molar-refractivity contribution in [3.8, 4) is 0 Å². The summed E-state index contributed by atoms with van der Waals surface area (Å²) in [5.41, 5.74) is 0. The number of carbonyl (C=O) groups excluding carboxylic acids is 1. The maximum Gasteiger partial charge on any atom is 0.230 e. The molecule has 0 aromatic rings. The van der Waals surface area contributed by atoms with Gasteiger partial charge in [-0.1, -0.05) is 28.8 Å². The molecule has 2 atom stereocenters. The molecule has 2 nitrogen and oxygen atoms in total. The molecule has 0 aromatic heterocycles. The zero-order chi connectivity index (χ0) is 9.68. The number of alkyl halides is 1. The van der Waals surface area contributed by atoms with Crippen molar-refractivity contribution in [2.75, 3.05) is 11.6 Å². The summed E-state index contributed by atoms with van der Waals surface area (Å²) in [4.78, 5) is 11.2. The van der Waals surface area contributed by atoms with Crippen molar-refractivity contribution < 1.29 is 4.79 Å². The van der Waals surface area contributed by atoms with Crippen LogP contribution in [-0.2, 0) is 4.79 Å². The van der Waals surface area contributed by atoms with Crippen LogP contribution >= 0.6 is 27.7 Å². The Balaban J connectivity index is 2.40. The minimum absolute atomic E-state index is 0.117. The largest absolute Gasteiger partial charge is 0.352 e. The fraction of sp³-hybridized carbons (Fsp3) is 0.889. The monoisotopic (exact) mass is 265 g/mol. The van der Waals surface area contributed by atoms with Crippen molar-refractivity contribution in [3.05, 3.63) is 0 Å². The Hall–Kier alpha value is 0.300. The van der Waals surface area contributed by atoms with E-state index < -0.39 is 0 Å². The Morgan fingerprint density at radius 1 is 1.54 bits per heavy atom. The molecule has 0 aromatic carbocycles. The summed E-state index contributed by atoms with van der Waals surface area (Å²) in [6.45, 7) is 0. The fourth-order valence-electron chi connectivity index (χ4n) is 1.79. The summed E-state index contributed by atoms with van der Waals surface area (Å²) in [7, 11) is 0. The first-order chi connectivity index (χ1) is 6.27. The van der Waals surface area contributed by atoms with Gasteiger partial charge in [-0.2, -0.15) is 11.8 Å². The molecule has 0 saturated heterocycles. The van der Waals surface area contributed by atoms with Gasteiger partial charge < -0.3 is 5.32 Å². The fourth-order valence-corrected chi connectivity index (χ4v) is 2.89. The van der Waals surface area contributed by atoms with E-state index in [0.29, 0.717) is 16.6 Å². The van der Waals surface area contributed by atoms with Gasteiger partial charge in [-0.25, -0.2) is 0 Å². The second-order valence-corrected chi connectivity index (χ2v) is 5.00.